The first-order valence-electron chi connectivity index (χ1n) is 11.3. The SMILES string of the molecule is Cc1cc[n+]([O-])cc1C.Cc1cc[n+]([O-])cc1C.FC(F)(I)C(F)(F)I.FC(F)(I)C(F)(F)I.FC(F)(I)C(F)(F)I.FC(F)(I)C(F)(F)I. The van der Waals surface area contributed by atoms with Crippen LogP contribution in [0.1, 0.15) is 22.3 Å². The minimum absolute atomic E-state index is 0.393. The number of halogens is 24. The summed E-state index contributed by atoms with van der Waals surface area (Å²) in [6, 6.07) is 3.62. The number of pyridine rings is 2. The number of rotatable bonds is 4. The van der Waals surface area contributed by atoms with Crippen LogP contribution in [-0.2, 0) is 0 Å². The van der Waals surface area contributed by atoms with Crippen molar-refractivity contribution in [1.82, 2.24) is 0 Å². The van der Waals surface area contributed by atoms with Crippen molar-refractivity contribution in [3.63, 3.8) is 0 Å². The van der Waals surface area contributed by atoms with Crippen molar-refractivity contribution in [1.29, 1.82) is 0 Å². The van der Waals surface area contributed by atoms with E-state index in [9.17, 15) is 80.7 Å². The predicted molar refractivity (Wildman–Crippen MR) is 221 cm³/mol. The summed E-state index contributed by atoms with van der Waals surface area (Å²) in [5, 5.41) is 21.1. The molecule has 0 unspecified atom stereocenters. The normalized spacial score (nSPS) is 12.6. The maximum Gasteiger partial charge on any atom is 0.367 e. The second-order valence-corrected chi connectivity index (χ2v) is 19.2. The number of nitrogens with zero attached hydrogens (tertiary/aromatic N) is 2. The molecule has 0 aliphatic heterocycles. The molecule has 0 saturated heterocycles. The van der Waals surface area contributed by atoms with E-state index in [0.717, 1.165) is 31.7 Å². The van der Waals surface area contributed by atoms with Crippen LogP contribution in [0.2, 0.25) is 0 Å². The molecule has 4 nitrogen and oxygen atoms in total. The van der Waals surface area contributed by atoms with E-state index in [0.29, 0.717) is 181 Å². The average Bonchev–Trinajstić information content (AvgIpc) is 2.81. The van der Waals surface area contributed by atoms with Crippen LogP contribution in [0.3, 0.4) is 0 Å². The van der Waals surface area contributed by atoms with Crippen LogP contribution in [0.5, 0.6) is 0 Å². The van der Waals surface area contributed by atoms with Crippen molar-refractivity contribution < 1.29 is 79.7 Å². The predicted octanol–water partition coefficient (Wildman–Crippen LogP) is 14.0. The number of alkyl halides is 24. The molecule has 0 N–H and O–H groups in total. The molecular formula is C22H18F16I8N2O2. The fraction of sp³-hybridized carbons (Fsp3) is 0.545. The molecule has 2 aromatic rings. The summed E-state index contributed by atoms with van der Waals surface area (Å²) in [6.45, 7) is 7.80. The maximum absolute atomic E-state index is 11.5. The van der Waals surface area contributed by atoms with Crippen LogP contribution < -0.4 is 9.46 Å². The zero-order chi connectivity index (χ0) is 41.7. The number of hydrogen-bond acceptors (Lipinski definition) is 2. The summed E-state index contributed by atoms with van der Waals surface area (Å²) in [6.07, 6.45) is 6.13. The molecule has 0 amide bonds. The van der Waals surface area contributed by atoms with Crippen molar-refractivity contribution in [2.45, 2.75) is 59.1 Å². The highest BCUT2D eigenvalue weighted by atomic mass is 127. The maximum atomic E-state index is 11.5. The van der Waals surface area contributed by atoms with Crippen molar-refractivity contribution in [3.8, 4) is 0 Å². The second-order valence-electron chi connectivity index (χ2n) is 8.32. The third kappa shape index (κ3) is 29.8. The molecule has 0 fully saturated rings. The van der Waals surface area contributed by atoms with E-state index < -0.39 is 31.4 Å². The molecule has 2 rings (SSSR count). The summed E-state index contributed by atoms with van der Waals surface area (Å²) in [4.78, 5) is 0. The van der Waals surface area contributed by atoms with E-state index in [1.54, 1.807) is 12.4 Å². The third-order valence-corrected chi connectivity index (χ3v) is 13.7. The Bertz CT molecular complexity index is 1080. The minimum Gasteiger partial charge on any atom is -0.619 e. The molecule has 0 aromatic carbocycles. The monoisotopic (exact) mass is 1660 g/mol. The highest BCUT2D eigenvalue weighted by molar-refractivity contribution is 14.1. The van der Waals surface area contributed by atoms with Gasteiger partial charge in [-0.15, -0.1) is 0 Å². The van der Waals surface area contributed by atoms with Crippen molar-refractivity contribution in [2.24, 2.45) is 0 Å². The average molecular weight is 1660 g/mol. The number of hydrogen-bond donors (Lipinski definition) is 0. The lowest BCUT2D eigenvalue weighted by Crippen LogP contribution is -2.27. The lowest BCUT2D eigenvalue weighted by atomic mass is 10.2. The van der Waals surface area contributed by atoms with Gasteiger partial charge in [0.15, 0.2) is 24.8 Å². The first kappa shape index (κ1) is 59.3. The van der Waals surface area contributed by atoms with Gasteiger partial charge in [0, 0.05) is 204 Å². The standard InChI is InChI=1S/2C7H9NO.4C2F4I2/c2*1-6-3-4-8(9)5-7(6)2;4*3-1(4,7)2(5,6)8/h2*3-5H,1-2H3;;;;. The topological polar surface area (TPSA) is 53.9 Å². The highest BCUT2D eigenvalue weighted by Crippen LogP contribution is 2.46. The summed E-state index contributed by atoms with van der Waals surface area (Å²) in [5.41, 5.74) is 4.38. The van der Waals surface area contributed by atoms with Gasteiger partial charge in [-0.3, -0.25) is 0 Å². The summed E-state index contributed by atoms with van der Waals surface area (Å²) in [5.74, 6) is 0. The van der Waals surface area contributed by atoms with Gasteiger partial charge in [0.05, 0.1) is 0 Å². The molecule has 0 spiro atoms. The zero-order valence-electron chi connectivity index (χ0n) is 24.2. The Labute approximate surface area is 383 Å². The van der Waals surface area contributed by atoms with E-state index in [4.69, 9.17) is 0 Å². The largest absolute Gasteiger partial charge is 0.619 e. The first-order chi connectivity index (χ1) is 21.4. The van der Waals surface area contributed by atoms with Gasteiger partial charge in [-0.05, 0) is 38.8 Å². The molecular weight excluding hydrogens is 1640 g/mol. The molecule has 50 heavy (non-hydrogen) atoms. The van der Waals surface area contributed by atoms with Crippen molar-refractivity contribution in [2.75, 3.05) is 0 Å². The molecule has 0 bridgehead atoms. The lowest BCUT2D eigenvalue weighted by Gasteiger charge is -2.13. The van der Waals surface area contributed by atoms with E-state index >= 15 is 0 Å². The van der Waals surface area contributed by atoms with Gasteiger partial charge in [0.2, 0.25) is 0 Å². The molecule has 0 aliphatic carbocycles. The Morgan fingerprint density at radius 2 is 0.500 bits per heavy atom. The second kappa shape index (κ2) is 23.8. The van der Waals surface area contributed by atoms with E-state index in [2.05, 4.69) is 0 Å². The summed E-state index contributed by atoms with van der Waals surface area (Å²) in [7, 11) is 0. The number of aromatic nitrogens is 2. The summed E-state index contributed by atoms with van der Waals surface area (Å²) >= 11 is 3.14. The van der Waals surface area contributed by atoms with Gasteiger partial charge >= 0.3 is 31.4 Å². The molecule has 0 radical (unpaired) electrons. The molecule has 0 aliphatic rings. The Morgan fingerprint density at radius 1 is 0.360 bits per heavy atom. The van der Waals surface area contributed by atoms with Gasteiger partial charge in [0.25, 0.3) is 0 Å². The molecule has 2 aromatic heterocycles. The fourth-order valence-electron chi connectivity index (χ4n) is 1.30. The Morgan fingerprint density at radius 3 is 0.580 bits per heavy atom. The fourth-order valence-corrected chi connectivity index (χ4v) is 1.30. The van der Waals surface area contributed by atoms with Gasteiger partial charge in [0.1, 0.15) is 0 Å². The first-order valence-corrected chi connectivity index (χ1v) is 19.9. The van der Waals surface area contributed by atoms with Crippen LogP contribution in [0.25, 0.3) is 0 Å². The van der Waals surface area contributed by atoms with Crippen LogP contribution >= 0.6 is 181 Å². The molecule has 2 heterocycles. The smallest absolute Gasteiger partial charge is 0.367 e. The van der Waals surface area contributed by atoms with Gasteiger partial charge in [-0.25, -0.2) is 0 Å². The van der Waals surface area contributed by atoms with Crippen molar-refractivity contribution in [3.05, 3.63) is 69.6 Å². The van der Waals surface area contributed by atoms with Gasteiger partial charge in [-0.1, -0.05) is 0 Å². The van der Waals surface area contributed by atoms with E-state index in [1.807, 2.05) is 39.8 Å². The Hall–Kier alpha value is 2.62. The zero-order valence-corrected chi connectivity index (χ0v) is 41.5. The Kier molecular flexibility index (Phi) is 28.2. The molecule has 296 valence electrons. The third-order valence-electron chi connectivity index (χ3n) is 4.11. The van der Waals surface area contributed by atoms with E-state index in [1.165, 1.54) is 12.4 Å². The quantitative estimate of drug-likeness (QED) is 0.101. The van der Waals surface area contributed by atoms with Gasteiger partial charge < -0.3 is 10.4 Å². The summed E-state index contributed by atoms with van der Waals surface area (Å²) < 4.78 is 153. The highest BCUT2D eigenvalue weighted by Gasteiger charge is 2.53. The van der Waals surface area contributed by atoms with Crippen LogP contribution in [0, 0.1) is 38.1 Å². The van der Waals surface area contributed by atoms with Crippen molar-refractivity contribution >= 4 is 181 Å². The van der Waals surface area contributed by atoms with E-state index in [-0.39, 0.29) is 0 Å². The van der Waals surface area contributed by atoms with Crippen LogP contribution in [0.4, 0.5) is 70.2 Å². The minimum atomic E-state index is -3.94. The molecule has 0 atom stereocenters. The Balaban J connectivity index is -0.000000254. The lowest BCUT2D eigenvalue weighted by molar-refractivity contribution is -0.606. The van der Waals surface area contributed by atoms with Crippen LogP contribution in [-0.4, -0.2) is 31.4 Å². The molecule has 0 saturated carbocycles. The van der Waals surface area contributed by atoms with Gasteiger partial charge in [-0.2, -0.15) is 79.7 Å². The number of aryl methyl sites for hydroxylation is 4. The molecule has 28 heteroatoms. The van der Waals surface area contributed by atoms with Crippen LogP contribution in [0.15, 0.2) is 36.9 Å².